The van der Waals surface area contributed by atoms with Gasteiger partial charge in [0.25, 0.3) is 0 Å². The van der Waals surface area contributed by atoms with Crippen LogP contribution in [0.25, 0.3) is 11.4 Å². The third-order valence-electron chi connectivity index (χ3n) is 9.98. The number of hydrogen-bond donors (Lipinski definition) is 2. The zero-order chi connectivity index (χ0) is 36.5. The van der Waals surface area contributed by atoms with Crippen LogP contribution in [-0.4, -0.2) is 130 Å². The Kier molecular flexibility index (Phi) is 14.1. The number of likely N-dealkylation sites (N-methyl/N-ethyl adjacent to an activating group) is 1. The van der Waals surface area contributed by atoms with Gasteiger partial charge in [0.15, 0.2) is 5.82 Å². The van der Waals surface area contributed by atoms with Gasteiger partial charge in [-0.1, -0.05) is 65.7 Å². The fourth-order valence-electron chi connectivity index (χ4n) is 6.88. The van der Waals surface area contributed by atoms with E-state index in [-0.39, 0.29) is 5.91 Å². The second-order valence-electron chi connectivity index (χ2n) is 13.7. The summed E-state index contributed by atoms with van der Waals surface area (Å²) in [6, 6.07) is 15.4. The van der Waals surface area contributed by atoms with Crippen molar-refractivity contribution in [1.82, 2.24) is 39.2 Å². The molecule has 7 rings (SSSR count). The first-order valence-electron chi connectivity index (χ1n) is 18.1. The minimum atomic E-state index is -0.0565. The summed E-state index contributed by atoms with van der Waals surface area (Å²) in [6.45, 7) is 10.9. The van der Waals surface area contributed by atoms with Crippen molar-refractivity contribution in [1.29, 1.82) is 0 Å². The minimum absolute atomic E-state index is 0.0565. The number of aromatic nitrogens is 4. The van der Waals surface area contributed by atoms with E-state index in [1.54, 1.807) is 35.1 Å². The van der Waals surface area contributed by atoms with Crippen LogP contribution in [0.5, 0.6) is 0 Å². The molecule has 0 unspecified atom stereocenters. The van der Waals surface area contributed by atoms with Crippen molar-refractivity contribution in [3.8, 4) is 11.4 Å². The molecule has 2 N–H and O–H groups in total. The van der Waals surface area contributed by atoms with E-state index in [1.165, 1.54) is 58.3 Å². The van der Waals surface area contributed by atoms with Gasteiger partial charge in [0.2, 0.25) is 5.91 Å². The highest BCUT2D eigenvalue weighted by Gasteiger charge is 2.25. The maximum absolute atomic E-state index is 12.2. The molecule has 2 aromatic carbocycles. The van der Waals surface area contributed by atoms with E-state index in [0.29, 0.717) is 32.5 Å². The summed E-state index contributed by atoms with van der Waals surface area (Å²) < 4.78 is 3.46. The Labute approximate surface area is 326 Å². The molecule has 2 aliphatic heterocycles. The lowest BCUT2D eigenvalue weighted by molar-refractivity contribution is -0.117. The van der Waals surface area contributed by atoms with E-state index in [2.05, 4.69) is 47.5 Å². The average Bonchev–Trinajstić information content (AvgIpc) is 3.83. The van der Waals surface area contributed by atoms with Crippen molar-refractivity contribution >= 4 is 63.9 Å². The molecule has 2 saturated heterocycles. The Hall–Kier alpha value is -2.87. The molecule has 1 saturated carbocycles. The van der Waals surface area contributed by atoms with Gasteiger partial charge in [-0.25, -0.2) is 9.36 Å². The molecule has 52 heavy (non-hydrogen) atoms. The molecule has 0 radical (unpaired) electrons. The molecule has 280 valence electrons. The molecule has 3 aliphatic rings. The highest BCUT2D eigenvalue weighted by Crippen LogP contribution is 2.26. The predicted molar refractivity (Wildman–Crippen MR) is 213 cm³/mol. The normalized spacial score (nSPS) is 18.2. The molecular weight excluding hydrogens is 742 g/mol. The van der Waals surface area contributed by atoms with Crippen molar-refractivity contribution in [3.63, 3.8) is 0 Å². The Morgan fingerprint density at radius 2 is 1.25 bits per heavy atom. The molecule has 15 heteroatoms. The third kappa shape index (κ3) is 11.1. The molecule has 11 nitrogen and oxygen atoms in total. The van der Waals surface area contributed by atoms with Crippen LogP contribution in [0.3, 0.4) is 0 Å². The fourth-order valence-corrected chi connectivity index (χ4v) is 7.47. The smallest absolute Gasteiger partial charge is 0.239 e. The van der Waals surface area contributed by atoms with Gasteiger partial charge in [-0.3, -0.25) is 19.5 Å². The van der Waals surface area contributed by atoms with E-state index in [4.69, 9.17) is 46.4 Å². The van der Waals surface area contributed by atoms with Gasteiger partial charge in [-0.2, -0.15) is 10.2 Å². The monoisotopic (exact) mass is 788 g/mol. The predicted octanol–water partition coefficient (Wildman–Crippen LogP) is 6.91. The summed E-state index contributed by atoms with van der Waals surface area (Å²) in [5, 5.41) is 17.3. The number of carbonyl (C=O) groups excluding carboxylic acids is 1. The second-order valence-corrected chi connectivity index (χ2v) is 15.3. The van der Waals surface area contributed by atoms with Crippen molar-refractivity contribution in [2.75, 3.05) is 89.7 Å². The topological polar surface area (TPSA) is 89.7 Å². The number of nitrogens with one attached hydrogen (secondary N) is 2. The zero-order valence-corrected chi connectivity index (χ0v) is 32.7. The summed E-state index contributed by atoms with van der Waals surface area (Å²) in [4.78, 5) is 21.8. The molecule has 0 bridgehead atoms. The van der Waals surface area contributed by atoms with Crippen molar-refractivity contribution in [3.05, 3.63) is 81.0 Å². The number of hydrogen-bond acceptors (Lipinski definition) is 8. The summed E-state index contributed by atoms with van der Waals surface area (Å²) >= 11 is 24.0. The first-order chi connectivity index (χ1) is 25.2. The standard InChI is InChI=1S/C21H29Cl2N5.C16H19Cl2N5O/c22-19-7-6-18(16-20(19)23)28-10-8-21(25-28)24-9-11-26-12-14-27(15-13-26)17-4-2-1-3-5-17;1-21-6-8-22(9-7-21)11-16(24)19-15-4-5-23(20-15)12-2-3-13(17)14(18)10-12/h6-8,10,16-17H,1-5,9,11-15H2,(H,24,25);2-5,10H,6-9,11H2,1H3,(H,19,20,24). The Morgan fingerprint density at radius 3 is 1.85 bits per heavy atom. The van der Waals surface area contributed by atoms with Crippen LogP contribution in [-0.2, 0) is 4.79 Å². The lowest BCUT2D eigenvalue weighted by Gasteiger charge is -2.40. The van der Waals surface area contributed by atoms with Gasteiger partial charge in [0.05, 0.1) is 38.0 Å². The van der Waals surface area contributed by atoms with Crippen LogP contribution < -0.4 is 10.6 Å². The van der Waals surface area contributed by atoms with Gasteiger partial charge < -0.3 is 15.5 Å². The Bertz CT molecular complexity index is 1740. The maximum Gasteiger partial charge on any atom is 0.239 e. The van der Waals surface area contributed by atoms with Gasteiger partial charge >= 0.3 is 0 Å². The number of nitrogens with zero attached hydrogens (tertiary/aromatic N) is 8. The minimum Gasteiger partial charge on any atom is -0.367 e. The van der Waals surface area contributed by atoms with E-state index in [9.17, 15) is 4.79 Å². The first kappa shape index (κ1) is 38.8. The van der Waals surface area contributed by atoms with Crippen LogP contribution >= 0.6 is 46.4 Å². The van der Waals surface area contributed by atoms with Crippen LogP contribution in [0.2, 0.25) is 20.1 Å². The third-order valence-corrected chi connectivity index (χ3v) is 11.5. The number of amides is 1. The molecule has 1 amide bonds. The SMILES string of the molecule is CN1CCN(CC(=O)Nc2ccn(-c3ccc(Cl)c(Cl)c3)n2)CC1.Clc1ccc(-n2ccc(NCCN3CCN(C4CCCCC4)CC3)n2)cc1Cl. The molecule has 1 aliphatic carbocycles. The van der Waals surface area contributed by atoms with Crippen LogP contribution in [0.15, 0.2) is 60.9 Å². The van der Waals surface area contributed by atoms with Crippen molar-refractivity contribution in [2.24, 2.45) is 0 Å². The molecule has 0 spiro atoms. The van der Waals surface area contributed by atoms with Crippen LogP contribution in [0.4, 0.5) is 11.6 Å². The van der Waals surface area contributed by atoms with E-state index < -0.39 is 0 Å². The molecule has 0 atom stereocenters. The number of halogens is 4. The van der Waals surface area contributed by atoms with Gasteiger partial charge in [-0.15, -0.1) is 0 Å². The van der Waals surface area contributed by atoms with E-state index >= 15 is 0 Å². The average molecular weight is 791 g/mol. The second kappa shape index (κ2) is 18.9. The summed E-state index contributed by atoms with van der Waals surface area (Å²) in [6.07, 6.45) is 10.8. The number of anilines is 2. The molecular formula is C37H48Cl4N10O. The number of rotatable bonds is 10. The van der Waals surface area contributed by atoms with Crippen molar-refractivity contribution in [2.45, 2.75) is 38.1 Å². The highest BCUT2D eigenvalue weighted by molar-refractivity contribution is 6.42. The highest BCUT2D eigenvalue weighted by atomic mass is 35.5. The number of carbonyl (C=O) groups is 1. The zero-order valence-electron chi connectivity index (χ0n) is 29.7. The Morgan fingerprint density at radius 1 is 0.692 bits per heavy atom. The Balaban J connectivity index is 0.000000181. The summed E-state index contributed by atoms with van der Waals surface area (Å²) in [7, 11) is 2.09. The lowest BCUT2D eigenvalue weighted by Crippen LogP contribution is -2.51. The molecule has 2 aromatic heterocycles. The van der Waals surface area contributed by atoms with Crippen LogP contribution in [0.1, 0.15) is 32.1 Å². The largest absolute Gasteiger partial charge is 0.367 e. The van der Waals surface area contributed by atoms with Gasteiger partial charge in [-0.05, 0) is 56.3 Å². The number of piperazine rings is 2. The van der Waals surface area contributed by atoms with Gasteiger partial charge in [0.1, 0.15) is 5.82 Å². The summed E-state index contributed by atoms with van der Waals surface area (Å²) in [5.74, 6) is 1.34. The van der Waals surface area contributed by atoms with E-state index in [1.807, 2.05) is 35.1 Å². The maximum atomic E-state index is 12.2. The molecule has 4 heterocycles. The van der Waals surface area contributed by atoms with E-state index in [0.717, 1.165) is 62.5 Å². The quantitative estimate of drug-likeness (QED) is 0.180. The fraction of sp³-hybridized carbons (Fsp3) is 0.486. The lowest BCUT2D eigenvalue weighted by atomic mass is 9.94. The molecule has 4 aromatic rings. The van der Waals surface area contributed by atoms with Crippen LogP contribution in [0, 0.1) is 0 Å². The number of benzene rings is 2. The molecule has 3 fully saturated rings. The van der Waals surface area contributed by atoms with Crippen molar-refractivity contribution < 1.29 is 4.79 Å². The first-order valence-corrected chi connectivity index (χ1v) is 19.6. The van der Waals surface area contributed by atoms with Gasteiger partial charge in [0, 0.05) is 96.0 Å². The summed E-state index contributed by atoms with van der Waals surface area (Å²) in [5.41, 5.74) is 1.69.